The average Bonchev–Trinajstić information content (AvgIpc) is 3.01. The van der Waals surface area contributed by atoms with Gasteiger partial charge in [0.15, 0.2) is 10.6 Å². The number of methoxy groups -OCH3 is 1. The van der Waals surface area contributed by atoms with Crippen molar-refractivity contribution in [2.45, 2.75) is 51.2 Å². The third kappa shape index (κ3) is 3.94. The highest BCUT2D eigenvalue weighted by atomic mass is 32.1. The molecule has 1 aromatic carbocycles. The molecule has 2 heterocycles. The Hall–Kier alpha value is -1.44. The molecule has 0 spiro atoms. The minimum atomic E-state index is 0.805. The Bertz CT molecular complexity index is 784. The van der Waals surface area contributed by atoms with E-state index in [9.17, 15) is 0 Å². The summed E-state index contributed by atoms with van der Waals surface area (Å²) >= 11 is 7.14. The van der Waals surface area contributed by atoms with Crippen LogP contribution in [0.2, 0.25) is 0 Å². The molecule has 0 radical (unpaired) electrons. The van der Waals surface area contributed by atoms with Crippen molar-refractivity contribution in [3.8, 4) is 5.75 Å². The third-order valence-electron chi connectivity index (χ3n) is 5.81. The molecule has 1 saturated heterocycles. The number of rotatable bonds is 5. The van der Waals surface area contributed by atoms with Gasteiger partial charge in [-0.1, -0.05) is 17.8 Å². The summed E-state index contributed by atoms with van der Waals surface area (Å²) < 4.78 is 8.09. The molecule has 2 aliphatic rings. The Labute approximate surface area is 164 Å². The van der Waals surface area contributed by atoms with Gasteiger partial charge in [0.1, 0.15) is 5.75 Å². The van der Waals surface area contributed by atoms with Crippen LogP contribution in [0.1, 0.15) is 38.5 Å². The summed E-state index contributed by atoms with van der Waals surface area (Å²) in [7, 11) is 1.68. The van der Waals surface area contributed by atoms with Crippen molar-refractivity contribution in [3.63, 3.8) is 0 Å². The summed E-state index contributed by atoms with van der Waals surface area (Å²) in [5.41, 5.74) is 0.999. The van der Waals surface area contributed by atoms with Gasteiger partial charge in [0.25, 0.3) is 0 Å². The van der Waals surface area contributed by atoms with Gasteiger partial charge in [-0.2, -0.15) is 4.68 Å². The van der Waals surface area contributed by atoms with E-state index in [0.29, 0.717) is 0 Å². The summed E-state index contributed by atoms with van der Waals surface area (Å²) in [6.45, 7) is 2.16. The summed E-state index contributed by atoms with van der Waals surface area (Å²) in [6, 6.07) is 8.69. The van der Waals surface area contributed by atoms with Gasteiger partial charge in [-0.05, 0) is 68.6 Å². The highest BCUT2D eigenvalue weighted by Gasteiger charge is 2.36. The molecule has 2 fully saturated rings. The quantitative estimate of drug-likeness (QED) is 0.764. The molecule has 5 nitrogen and oxygen atoms in total. The van der Waals surface area contributed by atoms with Crippen LogP contribution in [0.3, 0.4) is 0 Å². The second kappa shape index (κ2) is 8.06. The number of hydrogen-bond donors (Lipinski definition) is 2. The maximum absolute atomic E-state index is 5.59. The maximum atomic E-state index is 5.59. The Morgan fingerprint density at radius 3 is 2.81 bits per heavy atom. The lowest BCUT2D eigenvalue weighted by Gasteiger charge is -2.40. The van der Waals surface area contributed by atoms with Crippen LogP contribution in [0.25, 0.3) is 0 Å². The number of piperidine rings is 1. The average molecular weight is 392 g/mol. The number of quaternary nitrogens is 1. The van der Waals surface area contributed by atoms with Gasteiger partial charge < -0.3 is 15.0 Å². The van der Waals surface area contributed by atoms with E-state index in [1.807, 2.05) is 28.9 Å². The molecule has 1 saturated carbocycles. The van der Waals surface area contributed by atoms with Crippen molar-refractivity contribution in [2.75, 3.05) is 19.0 Å². The number of anilines is 2. The zero-order chi connectivity index (χ0) is 17.9. The van der Waals surface area contributed by atoms with Crippen LogP contribution in [-0.4, -0.2) is 29.5 Å². The summed E-state index contributed by atoms with van der Waals surface area (Å²) in [6.07, 6.45) is 8.35. The first-order valence-electron chi connectivity index (χ1n) is 9.56. The van der Waals surface area contributed by atoms with Gasteiger partial charge in [0.05, 0.1) is 19.7 Å². The van der Waals surface area contributed by atoms with Gasteiger partial charge in [-0.15, -0.1) is 5.10 Å². The van der Waals surface area contributed by atoms with E-state index in [2.05, 4.69) is 5.32 Å². The topological polar surface area (TPSA) is 43.5 Å². The predicted octanol–water partition coefficient (Wildman–Crippen LogP) is 3.62. The molecule has 0 amide bonds. The zero-order valence-electron chi connectivity index (χ0n) is 15.2. The van der Waals surface area contributed by atoms with E-state index in [4.69, 9.17) is 22.1 Å². The van der Waals surface area contributed by atoms with E-state index in [0.717, 1.165) is 39.2 Å². The monoisotopic (exact) mass is 391 g/mol. The molecule has 1 aliphatic heterocycles. The van der Waals surface area contributed by atoms with Gasteiger partial charge >= 0.3 is 0 Å². The molecule has 4 rings (SSSR count). The molecule has 26 heavy (non-hydrogen) atoms. The van der Waals surface area contributed by atoms with E-state index in [-0.39, 0.29) is 0 Å². The Morgan fingerprint density at radius 2 is 2.00 bits per heavy atom. The third-order valence-corrected chi connectivity index (χ3v) is 7.03. The Kier molecular flexibility index (Phi) is 5.57. The second-order valence-corrected chi connectivity index (χ2v) is 9.01. The standard InChI is InChI=1S/C19H26N4OS2/c1-24-16-10-8-15(9-11-16)20-18-21-23(19(25)26-18)13-22-12-4-6-14-5-2-3-7-17(14)22/h8-11,14,17H,2-7,12-13H2,1H3,(H,20,21)/p+1/t14-,17+/m1/s1. The van der Waals surface area contributed by atoms with E-state index >= 15 is 0 Å². The SMILES string of the molecule is COc1ccc(Nc2nn(C[NH+]3CCC[C@H]4CCCC[C@@H]43)c(=S)s2)cc1. The first-order chi connectivity index (χ1) is 12.7. The minimum absolute atomic E-state index is 0.805. The normalized spacial score (nSPS) is 25.5. The predicted molar refractivity (Wildman–Crippen MR) is 108 cm³/mol. The van der Waals surface area contributed by atoms with Gasteiger partial charge in [-0.3, -0.25) is 0 Å². The summed E-state index contributed by atoms with van der Waals surface area (Å²) in [4.78, 5) is 1.68. The molecular weight excluding hydrogens is 364 g/mol. The fraction of sp³-hybridized carbons (Fsp3) is 0.579. The molecule has 1 aliphatic carbocycles. The van der Waals surface area contributed by atoms with Crippen molar-refractivity contribution in [1.29, 1.82) is 0 Å². The van der Waals surface area contributed by atoms with E-state index in [1.54, 1.807) is 23.3 Å². The van der Waals surface area contributed by atoms with Crippen molar-refractivity contribution in [1.82, 2.24) is 9.78 Å². The fourth-order valence-electron chi connectivity index (χ4n) is 4.51. The van der Waals surface area contributed by atoms with Crippen LogP contribution in [0.5, 0.6) is 5.75 Å². The molecule has 2 N–H and O–H groups in total. The molecule has 2 aromatic rings. The smallest absolute Gasteiger partial charge is 0.209 e. The van der Waals surface area contributed by atoms with Crippen LogP contribution in [0, 0.1) is 9.87 Å². The lowest BCUT2D eigenvalue weighted by atomic mass is 9.78. The van der Waals surface area contributed by atoms with Gasteiger partial charge in [-0.25, -0.2) is 0 Å². The largest absolute Gasteiger partial charge is 0.497 e. The number of hydrogen-bond acceptors (Lipinski definition) is 5. The molecule has 7 heteroatoms. The van der Waals surface area contributed by atoms with E-state index < -0.39 is 0 Å². The molecule has 1 unspecified atom stereocenters. The number of benzene rings is 1. The Balaban J connectivity index is 1.45. The number of nitrogens with zero attached hydrogens (tertiary/aromatic N) is 2. The Morgan fingerprint density at radius 1 is 1.23 bits per heavy atom. The van der Waals surface area contributed by atoms with Crippen molar-refractivity contribution >= 4 is 34.4 Å². The number of aromatic nitrogens is 2. The highest BCUT2D eigenvalue weighted by molar-refractivity contribution is 7.73. The number of ether oxygens (including phenoxy) is 1. The molecule has 3 atom stereocenters. The first-order valence-corrected chi connectivity index (χ1v) is 10.8. The van der Waals surface area contributed by atoms with Crippen molar-refractivity contribution in [2.24, 2.45) is 5.92 Å². The second-order valence-electron chi connectivity index (χ2n) is 7.39. The fourth-order valence-corrected chi connectivity index (χ4v) is 5.54. The molecule has 0 bridgehead atoms. The summed E-state index contributed by atoms with van der Waals surface area (Å²) in [5.74, 6) is 1.77. The van der Waals surface area contributed by atoms with Gasteiger partial charge in [0, 0.05) is 11.6 Å². The lowest BCUT2D eigenvalue weighted by Crippen LogP contribution is -3.17. The summed E-state index contributed by atoms with van der Waals surface area (Å²) in [5, 5.41) is 8.97. The van der Waals surface area contributed by atoms with Crippen LogP contribution in [0.15, 0.2) is 24.3 Å². The van der Waals surface area contributed by atoms with Gasteiger partial charge in [0.2, 0.25) is 5.13 Å². The number of likely N-dealkylation sites (tertiary alicyclic amines) is 1. The first kappa shape index (κ1) is 17.9. The van der Waals surface area contributed by atoms with Crippen molar-refractivity contribution in [3.05, 3.63) is 28.2 Å². The zero-order valence-corrected chi connectivity index (χ0v) is 16.9. The minimum Gasteiger partial charge on any atom is -0.497 e. The van der Waals surface area contributed by atoms with Crippen LogP contribution >= 0.6 is 23.6 Å². The highest BCUT2D eigenvalue weighted by Crippen LogP contribution is 2.28. The maximum Gasteiger partial charge on any atom is 0.209 e. The lowest BCUT2D eigenvalue weighted by molar-refractivity contribution is -0.958. The molecule has 140 valence electrons. The number of fused-ring (bicyclic) bond motifs is 1. The van der Waals surface area contributed by atoms with E-state index in [1.165, 1.54) is 45.1 Å². The van der Waals surface area contributed by atoms with Crippen LogP contribution in [-0.2, 0) is 6.67 Å². The molecule has 1 aromatic heterocycles. The molecular formula is C19H27N4OS2+. The van der Waals surface area contributed by atoms with Crippen LogP contribution in [0.4, 0.5) is 10.8 Å². The van der Waals surface area contributed by atoms with Crippen LogP contribution < -0.4 is 15.0 Å². The number of nitrogens with one attached hydrogen (secondary N) is 2. The van der Waals surface area contributed by atoms with Crippen molar-refractivity contribution < 1.29 is 9.64 Å².